The number of aliphatic carboxylic acids is 1. The number of nitrogens with two attached hydrogens (primary N) is 1. The lowest BCUT2D eigenvalue weighted by atomic mass is 9.34. The van der Waals surface area contributed by atoms with E-state index in [1.807, 2.05) is 4.68 Å². The van der Waals surface area contributed by atoms with E-state index in [0.29, 0.717) is 38.1 Å². The Labute approximate surface area is 300 Å². The van der Waals surface area contributed by atoms with Crippen LogP contribution >= 0.6 is 0 Å². The van der Waals surface area contributed by atoms with Gasteiger partial charge in [-0.25, -0.2) is 9.67 Å². The summed E-state index contributed by atoms with van der Waals surface area (Å²) in [6, 6.07) is -0.271. The predicted octanol–water partition coefficient (Wildman–Crippen LogP) is 6.53. The van der Waals surface area contributed by atoms with Gasteiger partial charge in [0.2, 0.25) is 5.82 Å². The number of rotatable bonds is 9. The Morgan fingerprint density at radius 1 is 1.12 bits per heavy atom. The molecule has 1 saturated heterocycles. The van der Waals surface area contributed by atoms with Gasteiger partial charge in [-0.3, -0.25) is 9.59 Å². The highest BCUT2D eigenvalue weighted by molar-refractivity contribution is 5.90. The number of hydrogen-bond donors (Lipinski definition) is 3. The Morgan fingerprint density at radius 2 is 1.82 bits per heavy atom. The van der Waals surface area contributed by atoms with Gasteiger partial charge < -0.3 is 25.6 Å². The maximum Gasteiger partial charge on any atom is 0.307 e. The molecular formula is C40H65N5O5. The van der Waals surface area contributed by atoms with E-state index in [1.165, 1.54) is 11.9 Å². The second-order valence-corrected chi connectivity index (χ2v) is 19.1. The summed E-state index contributed by atoms with van der Waals surface area (Å²) >= 11 is 0. The first-order chi connectivity index (χ1) is 23.2. The molecule has 0 spiro atoms. The maximum atomic E-state index is 13.6. The van der Waals surface area contributed by atoms with Crippen LogP contribution in [0.5, 0.6) is 0 Å². The Morgan fingerprint density at radius 3 is 2.44 bits per heavy atom. The average molecular weight is 696 g/mol. The van der Waals surface area contributed by atoms with Crippen LogP contribution in [0.25, 0.3) is 0 Å². The van der Waals surface area contributed by atoms with Gasteiger partial charge in [0.05, 0.1) is 37.9 Å². The van der Waals surface area contributed by atoms with Gasteiger partial charge in [0.25, 0.3) is 5.91 Å². The second-order valence-electron chi connectivity index (χ2n) is 19.1. The fraction of sp³-hybridized carbons (Fsp3) is 0.850. The average Bonchev–Trinajstić information content (AvgIpc) is 3.53. The van der Waals surface area contributed by atoms with Crippen LogP contribution in [0.2, 0.25) is 0 Å². The Kier molecular flexibility index (Phi) is 9.29. The fourth-order valence-corrected chi connectivity index (χ4v) is 12.3. The molecule has 4 fully saturated rings. The SMILES string of the molecule is CNC(=O)c1ncnn1[C@@H]1C[C@]2(C)COC[C@@]3(C4=CC[C@@]5(C)[C@H](C(=O)O)[C@@](C)([C@H](C)C(C)C)CC[C@]5(C)[C@H]4CC[C@H]23)[C@H]1OC[C@@](C)(N)C(C)C. The summed E-state index contributed by atoms with van der Waals surface area (Å²) < 4.78 is 15.7. The first-order valence-electron chi connectivity index (χ1n) is 19.3. The molecule has 10 nitrogen and oxygen atoms in total. The number of allylic oxidation sites excluding steroid dienone is 1. The van der Waals surface area contributed by atoms with Crippen molar-refractivity contribution >= 4 is 11.9 Å². The zero-order valence-electron chi connectivity index (χ0n) is 32.6. The van der Waals surface area contributed by atoms with Crippen LogP contribution in [0.3, 0.4) is 0 Å². The van der Waals surface area contributed by atoms with Crippen molar-refractivity contribution in [2.75, 3.05) is 26.9 Å². The molecule has 2 bridgehead atoms. The summed E-state index contributed by atoms with van der Waals surface area (Å²) in [4.78, 5) is 31.2. The molecule has 5 aliphatic rings. The quantitative estimate of drug-likeness (QED) is 0.248. The molecule has 0 aromatic carbocycles. The van der Waals surface area contributed by atoms with E-state index >= 15 is 0 Å². The van der Waals surface area contributed by atoms with Crippen LogP contribution < -0.4 is 11.1 Å². The number of fused-ring (bicyclic) bond motifs is 3. The molecular weight excluding hydrogens is 630 g/mol. The number of carbonyl (C=O) groups is 2. The highest BCUT2D eigenvalue weighted by Crippen LogP contribution is 2.75. The summed E-state index contributed by atoms with van der Waals surface area (Å²) in [5.41, 5.74) is 6.06. The number of ether oxygens (including phenoxy) is 2. The summed E-state index contributed by atoms with van der Waals surface area (Å²) in [7, 11) is 1.62. The highest BCUT2D eigenvalue weighted by Gasteiger charge is 2.72. The molecule has 3 saturated carbocycles. The Bertz CT molecular complexity index is 1520. The highest BCUT2D eigenvalue weighted by atomic mass is 16.5. The lowest BCUT2D eigenvalue weighted by molar-refractivity contribution is -0.254. The number of nitrogens with one attached hydrogen (secondary N) is 1. The molecule has 6 rings (SSSR count). The van der Waals surface area contributed by atoms with E-state index in [1.54, 1.807) is 7.05 Å². The van der Waals surface area contributed by atoms with Crippen LogP contribution in [-0.4, -0.2) is 70.3 Å². The van der Waals surface area contributed by atoms with Crippen molar-refractivity contribution in [3.63, 3.8) is 0 Å². The molecule has 0 radical (unpaired) electrons. The number of carbonyl (C=O) groups excluding carboxylic acids is 1. The monoisotopic (exact) mass is 695 g/mol. The topological polar surface area (TPSA) is 142 Å². The van der Waals surface area contributed by atoms with Gasteiger partial charge >= 0.3 is 5.97 Å². The van der Waals surface area contributed by atoms with Crippen LogP contribution in [-0.2, 0) is 14.3 Å². The van der Waals surface area contributed by atoms with Gasteiger partial charge in [-0.2, -0.15) is 5.10 Å². The van der Waals surface area contributed by atoms with Gasteiger partial charge in [0.1, 0.15) is 6.33 Å². The first-order valence-corrected chi connectivity index (χ1v) is 19.3. The molecule has 12 atom stereocenters. The predicted molar refractivity (Wildman–Crippen MR) is 193 cm³/mol. The first kappa shape index (κ1) is 37.5. The smallest absolute Gasteiger partial charge is 0.307 e. The number of nitrogens with zero attached hydrogens (tertiary/aromatic N) is 3. The van der Waals surface area contributed by atoms with Gasteiger partial charge in [0.15, 0.2) is 0 Å². The zero-order valence-corrected chi connectivity index (χ0v) is 32.6. The van der Waals surface area contributed by atoms with E-state index in [2.05, 4.69) is 85.6 Å². The van der Waals surface area contributed by atoms with E-state index in [0.717, 1.165) is 32.1 Å². The fourth-order valence-electron chi connectivity index (χ4n) is 12.3. The molecule has 280 valence electrons. The van der Waals surface area contributed by atoms with Crippen molar-refractivity contribution < 1.29 is 24.2 Å². The molecule has 1 aliphatic heterocycles. The van der Waals surface area contributed by atoms with Gasteiger partial charge in [-0.15, -0.1) is 0 Å². The Balaban J connectivity index is 1.54. The van der Waals surface area contributed by atoms with E-state index in [9.17, 15) is 14.7 Å². The molecule has 50 heavy (non-hydrogen) atoms. The lowest BCUT2D eigenvalue weighted by Gasteiger charge is -2.71. The van der Waals surface area contributed by atoms with Gasteiger partial charge in [-0.1, -0.05) is 74.0 Å². The molecule has 1 aromatic heterocycles. The van der Waals surface area contributed by atoms with Crippen LogP contribution in [0.15, 0.2) is 18.0 Å². The van der Waals surface area contributed by atoms with E-state index < -0.39 is 28.3 Å². The normalized spacial score (nSPS) is 42.8. The number of carboxylic acids is 1. The molecule has 10 heteroatoms. The number of aromatic nitrogens is 3. The van der Waals surface area contributed by atoms with Gasteiger partial charge in [-0.05, 0) is 96.7 Å². The number of amides is 1. The third-order valence-electron chi connectivity index (χ3n) is 16.2. The summed E-state index contributed by atoms with van der Waals surface area (Å²) in [5, 5.41) is 18.6. The Hall–Kier alpha value is -2.30. The minimum atomic E-state index is -0.659. The number of hydrogen-bond acceptors (Lipinski definition) is 7. The lowest BCUT2D eigenvalue weighted by Crippen LogP contribution is -2.70. The third-order valence-corrected chi connectivity index (χ3v) is 16.2. The zero-order chi connectivity index (χ0) is 36.8. The van der Waals surface area contributed by atoms with Crippen molar-refractivity contribution in [2.45, 2.75) is 125 Å². The van der Waals surface area contributed by atoms with Crippen molar-refractivity contribution in [3.05, 3.63) is 23.8 Å². The molecule has 0 unspecified atom stereocenters. The van der Waals surface area contributed by atoms with Crippen LogP contribution in [0.1, 0.15) is 124 Å². The number of carboxylic acid groups (broad SMARTS) is 1. The molecule has 1 aromatic rings. The van der Waals surface area contributed by atoms with Crippen LogP contribution in [0, 0.1) is 62.6 Å². The van der Waals surface area contributed by atoms with E-state index in [4.69, 9.17) is 20.3 Å². The second kappa shape index (κ2) is 12.4. The van der Waals surface area contributed by atoms with Crippen molar-refractivity contribution in [1.29, 1.82) is 0 Å². The minimum Gasteiger partial charge on any atom is -0.481 e. The summed E-state index contributed by atoms with van der Waals surface area (Å²) in [6.45, 7) is 23.9. The largest absolute Gasteiger partial charge is 0.481 e. The standard InChI is InChI=1S/C40H65N5O5/c1-23(2)25(5)36(7)16-17-37(8)26-12-13-29-35(6)18-28(45-32(33(46)42-11)43-22-44-45)31(50-20-39(10,41)24(3)4)40(29,21-49-19-35)27(26)14-15-38(37,9)30(36)34(47)48/h14,22-26,28-31H,12-13,15-21,41H2,1-11H3,(H,42,46)(H,47,48)/t25-,26+,28-,29-,30-,31+,35-,36-,37-,38+,39-,40+/m1/s1. The summed E-state index contributed by atoms with van der Waals surface area (Å²) in [6.07, 6.45) is 8.88. The molecule has 4 N–H and O–H groups in total. The summed E-state index contributed by atoms with van der Waals surface area (Å²) in [5.74, 6) is 0.201. The van der Waals surface area contributed by atoms with Crippen molar-refractivity contribution in [3.8, 4) is 0 Å². The maximum absolute atomic E-state index is 13.6. The molecule has 2 heterocycles. The van der Waals surface area contributed by atoms with E-state index in [-0.39, 0.29) is 57.9 Å². The van der Waals surface area contributed by atoms with Gasteiger partial charge in [0, 0.05) is 18.0 Å². The van der Waals surface area contributed by atoms with Crippen LogP contribution in [0.4, 0.5) is 0 Å². The molecule has 4 aliphatic carbocycles. The minimum absolute atomic E-state index is 0.178. The molecule has 1 amide bonds. The third kappa shape index (κ3) is 5.11. The van der Waals surface area contributed by atoms with Crippen molar-refractivity contribution in [2.24, 2.45) is 68.3 Å². The van der Waals surface area contributed by atoms with Crippen molar-refractivity contribution in [1.82, 2.24) is 20.1 Å².